The first-order chi connectivity index (χ1) is 13.9. The molecule has 0 saturated heterocycles. The van der Waals surface area contributed by atoms with Crippen molar-refractivity contribution in [3.63, 3.8) is 0 Å². The van der Waals surface area contributed by atoms with Gasteiger partial charge in [0, 0.05) is 22.6 Å². The highest BCUT2D eigenvalue weighted by molar-refractivity contribution is 6.04. The largest absolute Gasteiger partial charge is 0.452 e. The lowest BCUT2D eigenvalue weighted by atomic mass is 10.1. The van der Waals surface area contributed by atoms with Gasteiger partial charge in [-0.2, -0.15) is 0 Å². The van der Waals surface area contributed by atoms with E-state index in [0.717, 1.165) is 17.1 Å². The van der Waals surface area contributed by atoms with E-state index in [0.29, 0.717) is 16.8 Å². The first kappa shape index (κ1) is 20.1. The van der Waals surface area contributed by atoms with Gasteiger partial charge in [0.2, 0.25) is 0 Å². The predicted molar refractivity (Wildman–Crippen MR) is 111 cm³/mol. The van der Waals surface area contributed by atoms with Crippen molar-refractivity contribution < 1.29 is 19.1 Å². The normalized spacial score (nSPS) is 10.4. The molecule has 0 saturated carbocycles. The summed E-state index contributed by atoms with van der Waals surface area (Å²) < 4.78 is 7.18. The van der Waals surface area contributed by atoms with Gasteiger partial charge in [0.15, 0.2) is 12.4 Å². The molecule has 0 unspecified atom stereocenters. The number of rotatable bonds is 6. The van der Waals surface area contributed by atoms with E-state index in [4.69, 9.17) is 4.74 Å². The molecule has 1 aromatic heterocycles. The lowest BCUT2D eigenvalue weighted by Gasteiger charge is -2.11. The molecule has 0 atom stereocenters. The van der Waals surface area contributed by atoms with Gasteiger partial charge in [-0.25, -0.2) is 4.79 Å². The fourth-order valence-corrected chi connectivity index (χ4v) is 3.12. The van der Waals surface area contributed by atoms with Crippen LogP contribution >= 0.6 is 0 Å². The number of aromatic nitrogens is 1. The average molecular weight is 390 g/mol. The average Bonchev–Trinajstić information content (AvgIpc) is 3.04. The second-order valence-corrected chi connectivity index (χ2v) is 6.72. The molecule has 2 aromatic carbocycles. The van der Waals surface area contributed by atoms with Crippen LogP contribution in [0.15, 0.2) is 60.7 Å². The third kappa shape index (κ3) is 4.60. The number of ether oxygens (including phenoxy) is 1. The minimum Gasteiger partial charge on any atom is -0.452 e. The monoisotopic (exact) mass is 390 g/mol. The summed E-state index contributed by atoms with van der Waals surface area (Å²) in [6.45, 7) is 5.00. The maximum atomic E-state index is 12.2. The number of nitrogens with one attached hydrogen (secondary N) is 1. The number of hydrogen-bond donors (Lipinski definition) is 1. The van der Waals surface area contributed by atoms with E-state index in [-0.39, 0.29) is 5.78 Å². The summed E-state index contributed by atoms with van der Waals surface area (Å²) in [5.41, 5.74) is 4.29. The minimum absolute atomic E-state index is 0.161. The molecule has 0 radical (unpaired) electrons. The maximum absolute atomic E-state index is 12.2. The van der Waals surface area contributed by atoms with Crippen LogP contribution in [0.4, 0.5) is 5.69 Å². The van der Waals surface area contributed by atoms with Crippen molar-refractivity contribution >= 4 is 23.3 Å². The Morgan fingerprint density at radius 2 is 1.52 bits per heavy atom. The third-order valence-electron chi connectivity index (χ3n) is 4.55. The van der Waals surface area contributed by atoms with Crippen LogP contribution in [0, 0.1) is 13.8 Å². The number of carbonyl (C=O) groups is 3. The van der Waals surface area contributed by atoms with Crippen molar-refractivity contribution in [3.8, 4) is 5.69 Å². The highest BCUT2D eigenvalue weighted by atomic mass is 16.5. The molecule has 3 rings (SSSR count). The van der Waals surface area contributed by atoms with Gasteiger partial charge in [-0.05, 0) is 69.3 Å². The summed E-state index contributed by atoms with van der Waals surface area (Å²) in [5.74, 6) is -1.26. The number of para-hydroxylation sites is 1. The number of esters is 1. The van der Waals surface area contributed by atoms with Crippen LogP contribution < -0.4 is 5.32 Å². The smallest absolute Gasteiger partial charge is 0.338 e. The van der Waals surface area contributed by atoms with Gasteiger partial charge in [-0.15, -0.1) is 0 Å². The van der Waals surface area contributed by atoms with Crippen molar-refractivity contribution in [1.82, 2.24) is 4.57 Å². The Labute approximate surface area is 169 Å². The lowest BCUT2D eigenvalue weighted by Crippen LogP contribution is -2.22. The van der Waals surface area contributed by atoms with Crippen molar-refractivity contribution in [2.24, 2.45) is 0 Å². The zero-order valence-electron chi connectivity index (χ0n) is 16.6. The fourth-order valence-electron chi connectivity index (χ4n) is 3.12. The number of amides is 1. The van der Waals surface area contributed by atoms with E-state index in [1.54, 1.807) is 36.4 Å². The van der Waals surface area contributed by atoms with Crippen molar-refractivity contribution in [1.29, 1.82) is 0 Å². The first-order valence-corrected chi connectivity index (χ1v) is 9.19. The molecule has 0 aliphatic heterocycles. The van der Waals surface area contributed by atoms with E-state index in [1.807, 2.05) is 38.1 Å². The molecule has 1 heterocycles. The molecule has 6 nitrogen and oxygen atoms in total. The molecule has 0 bridgehead atoms. The van der Waals surface area contributed by atoms with E-state index < -0.39 is 18.5 Å². The molecule has 1 N–H and O–H groups in total. The Morgan fingerprint density at radius 1 is 0.897 bits per heavy atom. The van der Waals surface area contributed by atoms with Gasteiger partial charge in [0.1, 0.15) is 0 Å². The van der Waals surface area contributed by atoms with Crippen LogP contribution in [0.3, 0.4) is 0 Å². The molecule has 0 spiro atoms. The Bertz CT molecular complexity index is 1050. The summed E-state index contributed by atoms with van der Waals surface area (Å²) in [5, 5.41) is 2.60. The van der Waals surface area contributed by atoms with Gasteiger partial charge < -0.3 is 14.6 Å². The number of carbonyl (C=O) groups excluding carboxylic acids is 3. The fraction of sp³-hybridized carbons (Fsp3) is 0.174. The molecule has 0 aliphatic rings. The molecule has 3 aromatic rings. The van der Waals surface area contributed by atoms with Gasteiger partial charge in [-0.3, -0.25) is 9.59 Å². The number of Topliss-reactive ketones (excluding diaryl/α,β-unsaturated/α-hetero) is 1. The number of hydrogen-bond acceptors (Lipinski definition) is 4. The number of nitrogens with zero attached hydrogens (tertiary/aromatic N) is 1. The number of benzene rings is 2. The highest BCUT2D eigenvalue weighted by Gasteiger charge is 2.13. The van der Waals surface area contributed by atoms with Crippen LogP contribution in [0.2, 0.25) is 0 Å². The van der Waals surface area contributed by atoms with Gasteiger partial charge >= 0.3 is 5.97 Å². The van der Waals surface area contributed by atoms with Gasteiger partial charge in [0.25, 0.3) is 5.91 Å². The quantitative estimate of drug-likeness (QED) is 0.508. The zero-order chi connectivity index (χ0) is 21.0. The van der Waals surface area contributed by atoms with Crippen LogP contribution in [0.1, 0.15) is 39.0 Å². The molecule has 0 fully saturated rings. The SMILES string of the molecule is CC(=O)c1ccccc1NC(=O)COC(=O)c1ccc(-n2c(C)ccc2C)cc1. The summed E-state index contributed by atoms with van der Waals surface area (Å²) in [6, 6.07) is 17.7. The topological polar surface area (TPSA) is 77.4 Å². The van der Waals surface area contributed by atoms with Crippen LogP contribution in [0.5, 0.6) is 0 Å². The number of anilines is 1. The third-order valence-corrected chi connectivity index (χ3v) is 4.55. The van der Waals surface area contributed by atoms with E-state index in [1.165, 1.54) is 6.92 Å². The molecular weight excluding hydrogens is 368 g/mol. The van der Waals surface area contributed by atoms with Gasteiger partial charge in [0.05, 0.1) is 11.3 Å². The summed E-state index contributed by atoms with van der Waals surface area (Å²) >= 11 is 0. The highest BCUT2D eigenvalue weighted by Crippen LogP contribution is 2.18. The van der Waals surface area contributed by atoms with E-state index >= 15 is 0 Å². The lowest BCUT2D eigenvalue weighted by molar-refractivity contribution is -0.119. The van der Waals surface area contributed by atoms with Crippen molar-refractivity contribution in [2.45, 2.75) is 20.8 Å². The summed E-state index contributed by atoms with van der Waals surface area (Å²) in [6.07, 6.45) is 0. The summed E-state index contributed by atoms with van der Waals surface area (Å²) in [7, 11) is 0. The Balaban J connectivity index is 1.61. The predicted octanol–water partition coefficient (Wildman–Crippen LogP) is 4.09. The first-order valence-electron chi connectivity index (χ1n) is 9.19. The molecule has 0 aliphatic carbocycles. The van der Waals surface area contributed by atoms with E-state index in [2.05, 4.69) is 9.88 Å². The van der Waals surface area contributed by atoms with Gasteiger partial charge in [-0.1, -0.05) is 12.1 Å². The molecule has 29 heavy (non-hydrogen) atoms. The summed E-state index contributed by atoms with van der Waals surface area (Å²) in [4.78, 5) is 36.0. The molecule has 1 amide bonds. The minimum atomic E-state index is -0.590. The van der Waals surface area contributed by atoms with Crippen molar-refractivity contribution in [2.75, 3.05) is 11.9 Å². The molecule has 148 valence electrons. The maximum Gasteiger partial charge on any atom is 0.338 e. The number of ketones is 1. The Kier molecular flexibility index (Phi) is 5.93. The Hall–Kier alpha value is -3.67. The zero-order valence-corrected chi connectivity index (χ0v) is 16.6. The second kappa shape index (κ2) is 8.56. The molecular formula is C23H22N2O4. The van der Waals surface area contributed by atoms with E-state index in [9.17, 15) is 14.4 Å². The number of aryl methyl sites for hydroxylation is 2. The van der Waals surface area contributed by atoms with Crippen molar-refractivity contribution in [3.05, 3.63) is 83.2 Å². The Morgan fingerprint density at radius 3 is 2.14 bits per heavy atom. The standard InChI is InChI=1S/C23H22N2O4/c1-15-8-9-16(2)25(15)19-12-10-18(11-13-19)23(28)29-14-22(27)24-21-7-5-4-6-20(21)17(3)26/h4-13H,14H2,1-3H3,(H,24,27). The van der Waals surface area contributed by atoms with Crippen LogP contribution in [-0.2, 0) is 9.53 Å². The van der Waals surface area contributed by atoms with Crippen LogP contribution in [0.25, 0.3) is 5.69 Å². The second-order valence-electron chi connectivity index (χ2n) is 6.72. The van der Waals surface area contributed by atoms with Crippen LogP contribution in [-0.4, -0.2) is 28.8 Å². The molecule has 6 heteroatoms.